The van der Waals surface area contributed by atoms with Gasteiger partial charge >= 0.3 is 0 Å². The van der Waals surface area contributed by atoms with Crippen molar-refractivity contribution in [1.29, 1.82) is 0 Å². The van der Waals surface area contributed by atoms with Gasteiger partial charge in [0.15, 0.2) is 5.82 Å². The number of hydrogen-bond acceptors (Lipinski definition) is 3. The Morgan fingerprint density at radius 3 is 2.58 bits per heavy atom. The van der Waals surface area contributed by atoms with Gasteiger partial charge in [0.25, 0.3) is 0 Å². The molecule has 0 aliphatic heterocycles. The SMILES string of the molecule is CN(c1ccccc1)c1nc2ccccn2c1CO. The second-order valence-corrected chi connectivity index (χ2v) is 4.36. The summed E-state index contributed by atoms with van der Waals surface area (Å²) in [7, 11) is 1.95. The summed E-state index contributed by atoms with van der Waals surface area (Å²) in [6.07, 6.45) is 1.91. The molecule has 19 heavy (non-hydrogen) atoms. The molecule has 3 rings (SSSR count). The molecule has 0 spiro atoms. The molecule has 1 aromatic carbocycles. The molecule has 0 radical (unpaired) electrons. The average Bonchev–Trinajstić information content (AvgIpc) is 2.85. The second-order valence-electron chi connectivity index (χ2n) is 4.36. The minimum atomic E-state index is -0.0440. The summed E-state index contributed by atoms with van der Waals surface area (Å²) in [6.45, 7) is -0.0440. The summed E-state index contributed by atoms with van der Waals surface area (Å²) >= 11 is 0. The van der Waals surface area contributed by atoms with Gasteiger partial charge in [-0.05, 0) is 24.3 Å². The number of nitrogens with zero attached hydrogens (tertiary/aromatic N) is 3. The first-order chi connectivity index (χ1) is 9.31. The summed E-state index contributed by atoms with van der Waals surface area (Å²) in [6, 6.07) is 15.8. The molecule has 0 saturated carbocycles. The zero-order valence-electron chi connectivity index (χ0n) is 10.7. The van der Waals surface area contributed by atoms with Crippen LogP contribution >= 0.6 is 0 Å². The third kappa shape index (κ3) is 1.96. The highest BCUT2D eigenvalue weighted by Gasteiger charge is 2.15. The van der Waals surface area contributed by atoms with Crippen molar-refractivity contribution >= 4 is 17.2 Å². The van der Waals surface area contributed by atoms with Gasteiger partial charge in [0.2, 0.25) is 0 Å². The van der Waals surface area contributed by atoms with Gasteiger partial charge < -0.3 is 10.0 Å². The fourth-order valence-electron chi connectivity index (χ4n) is 2.22. The molecule has 0 aliphatic carbocycles. The van der Waals surface area contributed by atoms with E-state index in [1.165, 1.54) is 0 Å². The summed E-state index contributed by atoms with van der Waals surface area (Å²) in [5.74, 6) is 0.778. The van der Waals surface area contributed by atoms with E-state index in [-0.39, 0.29) is 6.61 Å². The predicted molar refractivity (Wildman–Crippen MR) is 75.6 cm³/mol. The Kier molecular flexibility index (Phi) is 2.93. The number of benzene rings is 1. The van der Waals surface area contributed by atoms with Crippen LogP contribution in [0, 0.1) is 0 Å². The quantitative estimate of drug-likeness (QED) is 0.780. The molecule has 4 nitrogen and oxygen atoms in total. The summed E-state index contributed by atoms with van der Waals surface area (Å²) in [5, 5.41) is 9.61. The lowest BCUT2D eigenvalue weighted by atomic mass is 10.3. The maximum atomic E-state index is 9.61. The summed E-state index contributed by atoms with van der Waals surface area (Å²) in [4.78, 5) is 6.57. The van der Waals surface area contributed by atoms with E-state index in [4.69, 9.17) is 0 Å². The molecule has 1 N–H and O–H groups in total. The van der Waals surface area contributed by atoms with Gasteiger partial charge in [-0.3, -0.25) is 4.40 Å². The molecule has 0 unspecified atom stereocenters. The van der Waals surface area contributed by atoms with Gasteiger partial charge in [0.05, 0.1) is 12.3 Å². The van der Waals surface area contributed by atoms with Crippen molar-refractivity contribution in [3.05, 3.63) is 60.4 Å². The average molecular weight is 253 g/mol. The minimum absolute atomic E-state index is 0.0440. The number of imidazole rings is 1. The first-order valence-corrected chi connectivity index (χ1v) is 6.17. The minimum Gasteiger partial charge on any atom is -0.390 e. The van der Waals surface area contributed by atoms with Crippen LogP contribution in [0.15, 0.2) is 54.7 Å². The highest BCUT2D eigenvalue weighted by molar-refractivity contribution is 5.65. The number of hydrogen-bond donors (Lipinski definition) is 1. The van der Waals surface area contributed by atoms with Crippen LogP contribution in [0.1, 0.15) is 5.69 Å². The van der Waals surface area contributed by atoms with Gasteiger partial charge in [-0.1, -0.05) is 24.3 Å². The Hall–Kier alpha value is -2.33. The highest BCUT2D eigenvalue weighted by Crippen LogP contribution is 2.27. The van der Waals surface area contributed by atoms with Crippen LogP contribution in [-0.2, 0) is 6.61 Å². The van der Waals surface area contributed by atoms with E-state index >= 15 is 0 Å². The molecule has 2 heterocycles. The van der Waals surface area contributed by atoms with Gasteiger partial charge in [-0.25, -0.2) is 4.98 Å². The number of fused-ring (bicyclic) bond motifs is 1. The molecule has 0 bridgehead atoms. The zero-order chi connectivity index (χ0) is 13.2. The highest BCUT2D eigenvalue weighted by atomic mass is 16.3. The maximum Gasteiger partial charge on any atom is 0.157 e. The summed E-state index contributed by atoms with van der Waals surface area (Å²) in [5.41, 5.74) is 2.67. The van der Waals surface area contributed by atoms with Crippen LogP contribution in [0.5, 0.6) is 0 Å². The molecule has 0 amide bonds. The van der Waals surface area contributed by atoms with Crippen molar-refractivity contribution in [1.82, 2.24) is 9.38 Å². The monoisotopic (exact) mass is 253 g/mol. The van der Waals surface area contributed by atoms with E-state index < -0.39 is 0 Å². The second kappa shape index (κ2) is 4.74. The topological polar surface area (TPSA) is 40.8 Å². The Balaban J connectivity index is 2.14. The van der Waals surface area contributed by atoms with Gasteiger partial charge in [0.1, 0.15) is 5.65 Å². The first-order valence-electron chi connectivity index (χ1n) is 6.17. The lowest BCUT2D eigenvalue weighted by molar-refractivity contribution is 0.276. The van der Waals surface area contributed by atoms with E-state index in [1.54, 1.807) is 0 Å². The molecule has 3 aromatic rings. The smallest absolute Gasteiger partial charge is 0.157 e. The van der Waals surface area contributed by atoms with E-state index in [2.05, 4.69) is 4.98 Å². The Morgan fingerprint density at radius 2 is 1.84 bits per heavy atom. The Morgan fingerprint density at radius 1 is 1.11 bits per heavy atom. The molecule has 0 saturated heterocycles. The number of aliphatic hydroxyl groups excluding tert-OH is 1. The van der Waals surface area contributed by atoms with E-state index in [0.717, 1.165) is 22.8 Å². The molecular weight excluding hydrogens is 238 g/mol. The fourth-order valence-corrected chi connectivity index (χ4v) is 2.22. The largest absolute Gasteiger partial charge is 0.390 e. The molecule has 0 aliphatic rings. The van der Waals surface area contributed by atoms with E-state index in [0.29, 0.717) is 0 Å². The molecule has 0 atom stereocenters. The van der Waals surface area contributed by atoms with Crippen LogP contribution < -0.4 is 4.90 Å². The van der Waals surface area contributed by atoms with E-state index in [1.807, 2.05) is 71.1 Å². The maximum absolute atomic E-state index is 9.61. The lowest BCUT2D eigenvalue weighted by Gasteiger charge is -2.17. The predicted octanol–water partition coefficient (Wildman–Crippen LogP) is 2.59. The first kappa shape index (κ1) is 11.7. The zero-order valence-corrected chi connectivity index (χ0v) is 10.7. The number of rotatable bonds is 3. The van der Waals surface area contributed by atoms with Crippen LogP contribution in [0.2, 0.25) is 0 Å². The van der Waals surface area contributed by atoms with Crippen LogP contribution in [0.25, 0.3) is 5.65 Å². The van der Waals surface area contributed by atoms with Crippen molar-refractivity contribution in [3.8, 4) is 0 Å². The molecule has 4 heteroatoms. The number of pyridine rings is 1. The molecule has 96 valence electrons. The van der Waals surface area contributed by atoms with Crippen molar-refractivity contribution in [3.63, 3.8) is 0 Å². The van der Waals surface area contributed by atoms with Crippen molar-refractivity contribution in [2.24, 2.45) is 0 Å². The number of aromatic nitrogens is 2. The third-order valence-corrected chi connectivity index (χ3v) is 3.22. The Labute approximate surface area is 111 Å². The molecule has 0 fully saturated rings. The van der Waals surface area contributed by atoms with E-state index in [9.17, 15) is 5.11 Å². The molecule has 2 aromatic heterocycles. The number of aliphatic hydroxyl groups is 1. The summed E-state index contributed by atoms with van der Waals surface area (Å²) < 4.78 is 1.91. The van der Waals surface area contributed by atoms with Gasteiger partial charge in [-0.2, -0.15) is 0 Å². The van der Waals surface area contributed by atoms with Crippen molar-refractivity contribution in [2.75, 3.05) is 11.9 Å². The molecular formula is C15H15N3O. The van der Waals surface area contributed by atoms with Gasteiger partial charge in [0, 0.05) is 18.9 Å². The fraction of sp³-hybridized carbons (Fsp3) is 0.133. The van der Waals surface area contributed by atoms with Crippen LogP contribution in [0.3, 0.4) is 0 Å². The van der Waals surface area contributed by atoms with Crippen molar-refractivity contribution < 1.29 is 5.11 Å². The standard InChI is InChI=1S/C15H15N3O/c1-17(12-7-3-2-4-8-12)15-13(11-19)18-10-6-5-9-14(18)16-15/h2-10,19H,11H2,1H3. The Bertz CT molecular complexity index is 691. The number of anilines is 2. The van der Waals surface area contributed by atoms with Crippen LogP contribution in [-0.4, -0.2) is 21.5 Å². The third-order valence-electron chi connectivity index (χ3n) is 3.22. The lowest BCUT2D eigenvalue weighted by Crippen LogP contribution is -2.12. The number of para-hydroxylation sites is 1. The normalized spacial score (nSPS) is 10.8. The van der Waals surface area contributed by atoms with Gasteiger partial charge in [-0.15, -0.1) is 0 Å². The van der Waals surface area contributed by atoms with Crippen LogP contribution in [0.4, 0.5) is 11.5 Å². The van der Waals surface area contributed by atoms with Crippen molar-refractivity contribution in [2.45, 2.75) is 6.61 Å².